The van der Waals surface area contributed by atoms with Crippen molar-refractivity contribution >= 4 is 42.0 Å². The Bertz CT molecular complexity index is 708. The smallest absolute Gasteiger partial charge is 0.309 e. The Kier molecular flexibility index (Phi) is 19.0. The first kappa shape index (κ1) is 32.0. The van der Waals surface area contributed by atoms with Crippen molar-refractivity contribution in [3.63, 3.8) is 0 Å². The summed E-state index contributed by atoms with van der Waals surface area (Å²) in [5.74, 6) is 0.0332. The molecular formula is C26H45NO2S2. The van der Waals surface area contributed by atoms with E-state index in [0.717, 1.165) is 25.9 Å². The second kappa shape index (κ2) is 18.4. The Morgan fingerprint density at radius 3 is 2.00 bits per heavy atom. The molecule has 0 bridgehead atoms. The van der Waals surface area contributed by atoms with Crippen LogP contribution in [0.5, 0.6) is 0 Å². The Balaban J connectivity index is 0. The molecule has 1 fully saturated rings. The number of carbonyl (C=O) groups is 1. The molecule has 1 saturated heterocycles. The predicted octanol–water partition coefficient (Wildman–Crippen LogP) is 7.32. The van der Waals surface area contributed by atoms with Crippen LogP contribution in [-0.2, 0) is 9.53 Å². The number of likely N-dealkylation sites (tertiary alicyclic amines) is 1. The number of hydrogen-bond donors (Lipinski definition) is 2. The minimum atomic E-state index is -0.0255. The maximum absolute atomic E-state index is 12.1. The van der Waals surface area contributed by atoms with E-state index in [2.05, 4.69) is 79.5 Å². The Morgan fingerprint density at radius 2 is 1.45 bits per heavy atom. The first-order chi connectivity index (χ1) is 14.6. The molecule has 0 aliphatic carbocycles. The highest BCUT2D eigenvalue weighted by Gasteiger charge is 2.29. The van der Waals surface area contributed by atoms with E-state index >= 15 is 0 Å². The number of thiol groups is 2. The van der Waals surface area contributed by atoms with Crippen molar-refractivity contribution in [2.24, 2.45) is 5.92 Å². The SMILES string of the molecule is C.CC.CC(C)OC(=O)C1CCN(C(C)c2cccc3ccccc23)CC1.CS.CS. The van der Waals surface area contributed by atoms with Crippen LogP contribution >= 0.6 is 25.3 Å². The summed E-state index contributed by atoms with van der Waals surface area (Å²) in [5.41, 5.74) is 1.37. The molecule has 1 aliphatic rings. The van der Waals surface area contributed by atoms with Gasteiger partial charge in [-0.25, -0.2) is 0 Å². The lowest BCUT2D eigenvalue weighted by Gasteiger charge is -2.36. The van der Waals surface area contributed by atoms with Gasteiger partial charge in [-0.2, -0.15) is 25.3 Å². The average Bonchev–Trinajstić information content (AvgIpc) is 2.82. The lowest BCUT2D eigenvalue weighted by Crippen LogP contribution is -2.38. The molecule has 178 valence electrons. The molecule has 1 heterocycles. The number of ether oxygens (including phenoxy) is 1. The van der Waals surface area contributed by atoms with Gasteiger partial charge in [0, 0.05) is 6.04 Å². The molecule has 1 unspecified atom stereocenters. The molecule has 1 atom stereocenters. The van der Waals surface area contributed by atoms with Gasteiger partial charge in [0.05, 0.1) is 12.0 Å². The van der Waals surface area contributed by atoms with Gasteiger partial charge < -0.3 is 4.74 Å². The van der Waals surface area contributed by atoms with Gasteiger partial charge >= 0.3 is 5.97 Å². The van der Waals surface area contributed by atoms with E-state index in [-0.39, 0.29) is 25.4 Å². The highest BCUT2D eigenvalue weighted by molar-refractivity contribution is 7.79. The zero-order chi connectivity index (χ0) is 23.1. The number of benzene rings is 2. The van der Waals surface area contributed by atoms with Crippen LogP contribution in [-0.4, -0.2) is 42.6 Å². The molecule has 1 aliphatic heterocycles. The van der Waals surface area contributed by atoms with Crippen molar-refractivity contribution in [2.75, 3.05) is 25.6 Å². The van der Waals surface area contributed by atoms with E-state index in [4.69, 9.17) is 4.74 Å². The second-order valence-electron chi connectivity index (χ2n) is 7.04. The highest BCUT2D eigenvalue weighted by atomic mass is 32.1. The number of rotatable bonds is 4. The molecule has 3 nitrogen and oxygen atoms in total. The van der Waals surface area contributed by atoms with Gasteiger partial charge in [-0.05, 0) is 75.5 Å². The summed E-state index contributed by atoms with van der Waals surface area (Å²) in [6.45, 7) is 12.0. The fourth-order valence-electron chi connectivity index (χ4n) is 3.66. The molecule has 5 heteroatoms. The normalized spacial score (nSPS) is 14.5. The van der Waals surface area contributed by atoms with E-state index in [9.17, 15) is 4.79 Å². The molecule has 0 aromatic heterocycles. The van der Waals surface area contributed by atoms with Crippen LogP contribution < -0.4 is 0 Å². The van der Waals surface area contributed by atoms with Crippen molar-refractivity contribution in [1.82, 2.24) is 4.90 Å². The monoisotopic (exact) mass is 467 g/mol. The number of hydrogen-bond acceptors (Lipinski definition) is 5. The number of esters is 1. The van der Waals surface area contributed by atoms with Gasteiger partial charge in [-0.15, -0.1) is 0 Å². The quantitative estimate of drug-likeness (QED) is 0.365. The molecule has 0 amide bonds. The van der Waals surface area contributed by atoms with Crippen molar-refractivity contribution in [1.29, 1.82) is 0 Å². The maximum atomic E-state index is 12.1. The predicted molar refractivity (Wildman–Crippen MR) is 146 cm³/mol. The van der Waals surface area contributed by atoms with Crippen molar-refractivity contribution in [3.05, 3.63) is 48.0 Å². The van der Waals surface area contributed by atoms with E-state index in [1.54, 1.807) is 12.5 Å². The van der Waals surface area contributed by atoms with E-state index < -0.39 is 0 Å². The van der Waals surface area contributed by atoms with Crippen molar-refractivity contribution in [2.45, 2.75) is 67.0 Å². The summed E-state index contributed by atoms with van der Waals surface area (Å²) in [6, 6.07) is 15.5. The molecule has 31 heavy (non-hydrogen) atoms. The first-order valence-electron chi connectivity index (χ1n) is 10.9. The highest BCUT2D eigenvalue weighted by Crippen LogP contribution is 2.31. The molecule has 0 N–H and O–H groups in total. The first-order valence-corrected chi connectivity index (χ1v) is 12.7. The fraction of sp³-hybridized carbons (Fsp3) is 0.577. The summed E-state index contributed by atoms with van der Waals surface area (Å²) in [7, 11) is 0. The van der Waals surface area contributed by atoms with E-state index in [0.29, 0.717) is 6.04 Å². The van der Waals surface area contributed by atoms with Crippen molar-refractivity contribution < 1.29 is 9.53 Å². The number of fused-ring (bicyclic) bond motifs is 1. The summed E-state index contributed by atoms with van der Waals surface area (Å²) in [4.78, 5) is 14.6. The molecule has 2 aromatic rings. The van der Waals surface area contributed by atoms with Crippen molar-refractivity contribution in [3.8, 4) is 0 Å². The molecule has 0 saturated carbocycles. The minimum Gasteiger partial charge on any atom is -0.463 e. The topological polar surface area (TPSA) is 29.5 Å². The lowest BCUT2D eigenvalue weighted by molar-refractivity contribution is -0.154. The van der Waals surface area contributed by atoms with Crippen LogP contribution in [0, 0.1) is 5.92 Å². The standard InChI is InChI=1S/C21H27NO2.C2H6.2CH4S.CH4/c1-15(2)24-21(23)18-11-13-22(14-12-18)16(3)19-10-6-8-17-7-4-5-9-20(17)19;3*1-2;/h4-10,15-16,18H,11-14H2,1-3H3;1-2H3;2*2H,1H3;1H4. The fourth-order valence-corrected chi connectivity index (χ4v) is 3.66. The molecule has 0 spiro atoms. The third-order valence-corrected chi connectivity index (χ3v) is 5.04. The molecule has 2 aromatic carbocycles. The summed E-state index contributed by atoms with van der Waals surface area (Å²) in [6.07, 6.45) is 5.14. The zero-order valence-electron chi connectivity index (χ0n) is 19.8. The number of carbonyl (C=O) groups excluding carboxylic acids is 1. The third kappa shape index (κ3) is 9.88. The number of piperidine rings is 1. The van der Waals surface area contributed by atoms with Gasteiger partial charge in [-0.3, -0.25) is 9.69 Å². The average molecular weight is 468 g/mol. The Morgan fingerprint density at radius 1 is 0.935 bits per heavy atom. The third-order valence-electron chi connectivity index (χ3n) is 5.04. The summed E-state index contributed by atoms with van der Waals surface area (Å²) >= 11 is 7.06. The maximum Gasteiger partial charge on any atom is 0.309 e. The summed E-state index contributed by atoms with van der Waals surface area (Å²) < 4.78 is 5.37. The van der Waals surface area contributed by atoms with Gasteiger partial charge in [0.2, 0.25) is 0 Å². The van der Waals surface area contributed by atoms with Crippen LogP contribution in [0.1, 0.15) is 66.5 Å². The largest absolute Gasteiger partial charge is 0.463 e. The van der Waals surface area contributed by atoms with Gasteiger partial charge in [0.15, 0.2) is 0 Å². The molecule has 0 radical (unpaired) electrons. The Hall–Kier alpha value is -1.17. The van der Waals surface area contributed by atoms with Gasteiger partial charge in [0.1, 0.15) is 0 Å². The van der Waals surface area contributed by atoms with Crippen LogP contribution in [0.2, 0.25) is 0 Å². The molecule has 3 rings (SSSR count). The number of nitrogens with zero attached hydrogens (tertiary/aromatic N) is 1. The van der Waals surface area contributed by atoms with Crippen LogP contribution in [0.15, 0.2) is 42.5 Å². The molecular weight excluding hydrogens is 422 g/mol. The van der Waals surface area contributed by atoms with Gasteiger partial charge in [-0.1, -0.05) is 63.7 Å². The van der Waals surface area contributed by atoms with E-state index in [1.165, 1.54) is 16.3 Å². The lowest BCUT2D eigenvalue weighted by atomic mass is 9.93. The van der Waals surface area contributed by atoms with Crippen LogP contribution in [0.25, 0.3) is 10.8 Å². The summed E-state index contributed by atoms with van der Waals surface area (Å²) in [5, 5.41) is 2.62. The van der Waals surface area contributed by atoms with Gasteiger partial charge in [0.25, 0.3) is 0 Å². The Labute approximate surface area is 202 Å². The van der Waals surface area contributed by atoms with Crippen LogP contribution in [0.3, 0.4) is 0 Å². The second-order valence-corrected chi connectivity index (χ2v) is 7.04. The zero-order valence-corrected chi connectivity index (χ0v) is 21.5. The van der Waals surface area contributed by atoms with Crippen LogP contribution in [0.4, 0.5) is 0 Å². The minimum absolute atomic E-state index is 0. The van der Waals surface area contributed by atoms with E-state index in [1.807, 2.05) is 27.7 Å².